The van der Waals surface area contributed by atoms with Crippen LogP contribution in [0.15, 0.2) is 0 Å². The molecule has 0 aliphatic carbocycles. The van der Waals surface area contributed by atoms with E-state index in [-0.39, 0.29) is 24.9 Å². The predicted octanol–water partition coefficient (Wildman–Crippen LogP) is -1.78. The molecule has 1 unspecified atom stereocenters. The van der Waals surface area contributed by atoms with E-state index in [2.05, 4.69) is 10.2 Å². The Morgan fingerprint density at radius 1 is 1.50 bits per heavy atom. The number of amides is 2. The van der Waals surface area contributed by atoms with E-state index in [4.69, 9.17) is 5.73 Å². The average Bonchev–Trinajstić information content (AvgIpc) is 2.74. The fourth-order valence-electron chi connectivity index (χ4n) is 1.75. The molecule has 1 heterocycles. The van der Waals surface area contributed by atoms with E-state index in [1.54, 1.807) is 4.90 Å². The van der Waals surface area contributed by atoms with Crippen molar-refractivity contribution in [1.29, 1.82) is 0 Å². The number of nitrogens with zero attached hydrogens (tertiary/aromatic N) is 2. The lowest BCUT2D eigenvalue weighted by Gasteiger charge is -2.20. The number of likely N-dealkylation sites (N-methyl/N-ethyl adjacent to an activating group) is 1. The lowest BCUT2D eigenvalue weighted by atomic mass is 10.2. The van der Waals surface area contributed by atoms with Gasteiger partial charge in [-0.25, -0.2) is 0 Å². The van der Waals surface area contributed by atoms with Gasteiger partial charge < -0.3 is 20.9 Å². The van der Waals surface area contributed by atoms with Crippen LogP contribution in [0.3, 0.4) is 0 Å². The lowest BCUT2D eigenvalue weighted by molar-refractivity contribution is -0.131. The summed E-state index contributed by atoms with van der Waals surface area (Å²) in [6.45, 7) is 1.48. The zero-order chi connectivity index (χ0) is 12.1. The standard InChI is InChI=1S/C10H20N4O2/c1-13(2)8-3-4-14(7-8)10(16)6-12-9(15)5-11/h8H,3-7,11H2,1-2H3,(H,12,15). The molecular weight excluding hydrogens is 208 g/mol. The maximum absolute atomic E-state index is 11.7. The largest absolute Gasteiger partial charge is 0.346 e. The van der Waals surface area contributed by atoms with Gasteiger partial charge in [0.05, 0.1) is 13.1 Å². The first kappa shape index (κ1) is 12.9. The van der Waals surface area contributed by atoms with Crippen molar-refractivity contribution in [2.24, 2.45) is 5.73 Å². The predicted molar refractivity (Wildman–Crippen MR) is 60.7 cm³/mol. The van der Waals surface area contributed by atoms with Crippen LogP contribution >= 0.6 is 0 Å². The van der Waals surface area contributed by atoms with Crippen molar-refractivity contribution in [2.75, 3.05) is 40.3 Å². The van der Waals surface area contributed by atoms with Gasteiger partial charge in [0.15, 0.2) is 0 Å². The minimum atomic E-state index is -0.295. The Kier molecular flexibility index (Phi) is 4.70. The first-order chi connectivity index (χ1) is 7.54. The van der Waals surface area contributed by atoms with Gasteiger partial charge in [0.25, 0.3) is 0 Å². The molecule has 0 bridgehead atoms. The second kappa shape index (κ2) is 5.81. The molecule has 2 amide bonds. The van der Waals surface area contributed by atoms with Crippen LogP contribution in [-0.2, 0) is 9.59 Å². The molecule has 1 saturated heterocycles. The van der Waals surface area contributed by atoms with Crippen LogP contribution < -0.4 is 11.1 Å². The average molecular weight is 228 g/mol. The molecule has 0 saturated carbocycles. The maximum atomic E-state index is 11.7. The SMILES string of the molecule is CN(C)C1CCN(C(=O)CNC(=O)CN)C1. The van der Waals surface area contributed by atoms with Crippen molar-refractivity contribution in [3.8, 4) is 0 Å². The highest BCUT2D eigenvalue weighted by molar-refractivity contribution is 5.85. The summed E-state index contributed by atoms with van der Waals surface area (Å²) in [6, 6.07) is 0.425. The van der Waals surface area contributed by atoms with Gasteiger partial charge in [-0.2, -0.15) is 0 Å². The van der Waals surface area contributed by atoms with Crippen molar-refractivity contribution in [3.63, 3.8) is 0 Å². The van der Waals surface area contributed by atoms with Gasteiger partial charge in [-0.05, 0) is 20.5 Å². The molecule has 1 aliphatic heterocycles. The molecular formula is C10H20N4O2. The van der Waals surface area contributed by atoms with Crippen molar-refractivity contribution in [3.05, 3.63) is 0 Å². The van der Waals surface area contributed by atoms with Crippen LogP contribution in [0.4, 0.5) is 0 Å². The molecule has 6 nitrogen and oxygen atoms in total. The highest BCUT2D eigenvalue weighted by Crippen LogP contribution is 2.12. The fraction of sp³-hybridized carbons (Fsp3) is 0.800. The van der Waals surface area contributed by atoms with Crippen LogP contribution in [0.5, 0.6) is 0 Å². The third-order valence-electron chi connectivity index (χ3n) is 2.87. The Morgan fingerprint density at radius 3 is 2.69 bits per heavy atom. The number of nitrogens with one attached hydrogen (secondary N) is 1. The second-order valence-electron chi connectivity index (χ2n) is 4.23. The number of hydrogen-bond acceptors (Lipinski definition) is 4. The molecule has 1 aliphatic rings. The van der Waals surface area contributed by atoms with E-state index < -0.39 is 0 Å². The summed E-state index contributed by atoms with van der Waals surface area (Å²) in [4.78, 5) is 26.5. The summed E-state index contributed by atoms with van der Waals surface area (Å²) in [5, 5.41) is 2.48. The molecule has 1 atom stereocenters. The minimum Gasteiger partial charge on any atom is -0.346 e. The molecule has 6 heteroatoms. The summed E-state index contributed by atoms with van der Waals surface area (Å²) in [6.07, 6.45) is 0.990. The Balaban J connectivity index is 2.31. The van der Waals surface area contributed by atoms with Crippen molar-refractivity contribution < 1.29 is 9.59 Å². The van der Waals surface area contributed by atoms with E-state index in [0.29, 0.717) is 6.04 Å². The van der Waals surface area contributed by atoms with Crippen molar-refractivity contribution in [1.82, 2.24) is 15.1 Å². The lowest BCUT2D eigenvalue weighted by Crippen LogP contribution is -2.42. The molecule has 0 spiro atoms. The zero-order valence-corrected chi connectivity index (χ0v) is 9.90. The molecule has 16 heavy (non-hydrogen) atoms. The molecule has 1 fully saturated rings. The maximum Gasteiger partial charge on any atom is 0.242 e. The fourth-order valence-corrected chi connectivity index (χ4v) is 1.75. The van der Waals surface area contributed by atoms with Gasteiger partial charge >= 0.3 is 0 Å². The summed E-state index contributed by atoms with van der Waals surface area (Å²) in [5.74, 6) is -0.331. The van der Waals surface area contributed by atoms with E-state index in [1.165, 1.54) is 0 Å². The van der Waals surface area contributed by atoms with Crippen LogP contribution in [0, 0.1) is 0 Å². The highest BCUT2D eigenvalue weighted by atomic mass is 16.2. The van der Waals surface area contributed by atoms with Crippen LogP contribution in [-0.4, -0.2) is 67.9 Å². The van der Waals surface area contributed by atoms with Gasteiger partial charge in [-0.1, -0.05) is 0 Å². The molecule has 0 aromatic carbocycles. The number of carbonyl (C=O) groups is 2. The first-order valence-electron chi connectivity index (χ1n) is 5.45. The second-order valence-corrected chi connectivity index (χ2v) is 4.23. The van der Waals surface area contributed by atoms with Crippen LogP contribution in [0.25, 0.3) is 0 Å². The number of likely N-dealkylation sites (tertiary alicyclic amines) is 1. The molecule has 92 valence electrons. The van der Waals surface area contributed by atoms with Crippen LogP contribution in [0.2, 0.25) is 0 Å². The third kappa shape index (κ3) is 3.46. The van der Waals surface area contributed by atoms with Gasteiger partial charge in [0, 0.05) is 19.1 Å². The normalized spacial score (nSPS) is 20.2. The van der Waals surface area contributed by atoms with Gasteiger partial charge in [-0.15, -0.1) is 0 Å². The van der Waals surface area contributed by atoms with E-state index in [9.17, 15) is 9.59 Å². The number of hydrogen-bond donors (Lipinski definition) is 2. The monoisotopic (exact) mass is 228 g/mol. The molecule has 0 radical (unpaired) electrons. The van der Waals surface area contributed by atoms with E-state index in [1.807, 2.05) is 14.1 Å². The number of carbonyl (C=O) groups excluding carboxylic acids is 2. The smallest absolute Gasteiger partial charge is 0.242 e. The van der Waals surface area contributed by atoms with E-state index >= 15 is 0 Å². The summed E-state index contributed by atoms with van der Waals surface area (Å²) < 4.78 is 0. The quantitative estimate of drug-likeness (QED) is 0.596. The summed E-state index contributed by atoms with van der Waals surface area (Å²) >= 11 is 0. The summed E-state index contributed by atoms with van der Waals surface area (Å²) in [5.41, 5.74) is 5.13. The Labute approximate surface area is 95.8 Å². The zero-order valence-electron chi connectivity index (χ0n) is 9.90. The highest BCUT2D eigenvalue weighted by Gasteiger charge is 2.27. The number of nitrogens with two attached hydrogens (primary N) is 1. The molecule has 0 aromatic rings. The van der Waals surface area contributed by atoms with Gasteiger partial charge in [0.1, 0.15) is 0 Å². The van der Waals surface area contributed by atoms with E-state index in [0.717, 1.165) is 19.5 Å². The Morgan fingerprint density at radius 2 is 2.19 bits per heavy atom. The minimum absolute atomic E-state index is 0.0360. The van der Waals surface area contributed by atoms with Crippen molar-refractivity contribution in [2.45, 2.75) is 12.5 Å². The molecule has 0 aromatic heterocycles. The third-order valence-corrected chi connectivity index (χ3v) is 2.87. The summed E-state index contributed by atoms with van der Waals surface area (Å²) in [7, 11) is 4.02. The molecule has 3 N–H and O–H groups in total. The molecule has 1 rings (SSSR count). The Bertz CT molecular complexity index is 268. The van der Waals surface area contributed by atoms with Crippen molar-refractivity contribution >= 4 is 11.8 Å². The first-order valence-corrected chi connectivity index (χ1v) is 5.45. The Hall–Kier alpha value is -1.14. The van der Waals surface area contributed by atoms with Gasteiger partial charge in [-0.3, -0.25) is 9.59 Å². The van der Waals surface area contributed by atoms with Crippen LogP contribution in [0.1, 0.15) is 6.42 Å². The number of rotatable bonds is 4. The van der Waals surface area contributed by atoms with Gasteiger partial charge in [0.2, 0.25) is 11.8 Å². The topological polar surface area (TPSA) is 78.7 Å².